The molecule has 6 heteroatoms. The molecule has 1 aromatic heterocycles. The summed E-state index contributed by atoms with van der Waals surface area (Å²) in [5.41, 5.74) is 3.10. The van der Waals surface area contributed by atoms with Crippen LogP contribution in [0.4, 0.5) is 0 Å². The van der Waals surface area contributed by atoms with E-state index >= 15 is 0 Å². The molecule has 0 bridgehead atoms. The fraction of sp³-hybridized carbons (Fsp3) is 0.300. The van der Waals surface area contributed by atoms with E-state index < -0.39 is 0 Å². The van der Waals surface area contributed by atoms with Gasteiger partial charge in [-0.05, 0) is 37.1 Å². The van der Waals surface area contributed by atoms with Gasteiger partial charge in [-0.3, -0.25) is 4.79 Å². The van der Waals surface area contributed by atoms with Crippen molar-refractivity contribution < 1.29 is 4.79 Å². The number of rotatable bonds is 6. The average Bonchev–Trinajstić information content (AvgIpc) is 3.08. The van der Waals surface area contributed by atoms with Crippen LogP contribution in [0.3, 0.4) is 0 Å². The van der Waals surface area contributed by atoms with Gasteiger partial charge in [-0.2, -0.15) is 4.80 Å². The Hall–Kier alpha value is -3.02. The summed E-state index contributed by atoms with van der Waals surface area (Å²) >= 11 is 0. The fourth-order valence-electron chi connectivity index (χ4n) is 2.79. The van der Waals surface area contributed by atoms with Gasteiger partial charge in [-0.1, -0.05) is 54.6 Å². The van der Waals surface area contributed by atoms with Gasteiger partial charge < -0.3 is 4.90 Å². The Balaban J connectivity index is 1.73. The van der Waals surface area contributed by atoms with Gasteiger partial charge in [0.1, 0.15) is 6.54 Å². The Bertz CT molecular complexity index is 873. The molecule has 3 rings (SSSR count). The highest BCUT2D eigenvalue weighted by atomic mass is 16.2. The highest BCUT2D eigenvalue weighted by Crippen LogP contribution is 2.18. The molecule has 6 nitrogen and oxygen atoms in total. The number of hydrogen-bond acceptors (Lipinski definition) is 4. The van der Waals surface area contributed by atoms with Crippen LogP contribution in [0, 0.1) is 6.92 Å². The summed E-state index contributed by atoms with van der Waals surface area (Å²) in [6.07, 6.45) is 0. The van der Waals surface area contributed by atoms with Crippen molar-refractivity contribution in [3.05, 3.63) is 65.7 Å². The van der Waals surface area contributed by atoms with Gasteiger partial charge in [0, 0.05) is 18.2 Å². The largest absolute Gasteiger partial charge is 0.334 e. The van der Waals surface area contributed by atoms with E-state index in [4.69, 9.17) is 0 Å². The van der Waals surface area contributed by atoms with E-state index in [-0.39, 0.29) is 18.5 Å². The normalized spacial score (nSPS) is 10.9. The third kappa shape index (κ3) is 4.14. The maximum absolute atomic E-state index is 12.8. The minimum atomic E-state index is -0.0300. The number of tetrazole rings is 1. The van der Waals surface area contributed by atoms with Gasteiger partial charge >= 0.3 is 0 Å². The first-order chi connectivity index (χ1) is 12.5. The summed E-state index contributed by atoms with van der Waals surface area (Å²) in [6.45, 7) is 6.66. The molecule has 134 valence electrons. The molecule has 0 spiro atoms. The number of carbonyl (C=O) groups is 1. The van der Waals surface area contributed by atoms with Crippen molar-refractivity contribution >= 4 is 5.91 Å². The van der Waals surface area contributed by atoms with Crippen molar-refractivity contribution in [1.29, 1.82) is 0 Å². The second kappa shape index (κ2) is 7.91. The molecule has 0 saturated heterocycles. The summed E-state index contributed by atoms with van der Waals surface area (Å²) < 4.78 is 0. The highest BCUT2D eigenvalue weighted by Gasteiger charge is 2.19. The molecule has 0 N–H and O–H groups in total. The Morgan fingerprint density at radius 3 is 2.46 bits per heavy atom. The second-order valence-corrected chi connectivity index (χ2v) is 6.56. The molecule has 3 aromatic rings. The van der Waals surface area contributed by atoms with Crippen LogP contribution in [0.15, 0.2) is 54.6 Å². The lowest BCUT2D eigenvalue weighted by molar-refractivity contribution is -0.134. The average molecular weight is 349 g/mol. The Morgan fingerprint density at radius 1 is 1.08 bits per heavy atom. The SMILES string of the molecule is Cc1ccccc1-c1nnn(CC(=O)N(Cc2ccccc2)C(C)C)n1. The summed E-state index contributed by atoms with van der Waals surface area (Å²) in [5, 5.41) is 12.5. The van der Waals surface area contributed by atoms with Gasteiger partial charge in [0.25, 0.3) is 0 Å². The summed E-state index contributed by atoms with van der Waals surface area (Å²) in [5.74, 6) is 0.507. The van der Waals surface area contributed by atoms with Gasteiger partial charge in [0.15, 0.2) is 0 Å². The molecule has 0 aliphatic carbocycles. The van der Waals surface area contributed by atoms with Crippen LogP contribution in [0.25, 0.3) is 11.4 Å². The Labute approximate surface area is 153 Å². The number of nitrogens with zero attached hydrogens (tertiary/aromatic N) is 5. The first-order valence-electron chi connectivity index (χ1n) is 8.72. The molecule has 0 unspecified atom stereocenters. The first kappa shape index (κ1) is 17.8. The van der Waals surface area contributed by atoms with Crippen molar-refractivity contribution in [3.8, 4) is 11.4 Å². The molecule has 1 heterocycles. The third-order valence-electron chi connectivity index (χ3n) is 4.25. The van der Waals surface area contributed by atoms with Crippen molar-refractivity contribution in [1.82, 2.24) is 25.1 Å². The zero-order valence-electron chi connectivity index (χ0n) is 15.3. The number of aryl methyl sites for hydroxylation is 1. The number of amides is 1. The molecular weight excluding hydrogens is 326 g/mol. The molecule has 0 radical (unpaired) electrons. The van der Waals surface area contributed by atoms with E-state index in [0.717, 1.165) is 16.7 Å². The standard InChI is InChI=1S/C20H23N5O/c1-15(2)24(13-17-10-5-4-6-11-17)19(26)14-25-22-20(21-23-25)18-12-8-7-9-16(18)3/h4-12,15H,13-14H2,1-3H3. The minimum Gasteiger partial charge on any atom is -0.334 e. The zero-order valence-corrected chi connectivity index (χ0v) is 15.3. The predicted molar refractivity (Wildman–Crippen MR) is 100 cm³/mol. The van der Waals surface area contributed by atoms with E-state index in [1.165, 1.54) is 4.80 Å². The molecule has 26 heavy (non-hydrogen) atoms. The van der Waals surface area contributed by atoms with E-state index in [9.17, 15) is 4.79 Å². The van der Waals surface area contributed by atoms with Crippen molar-refractivity contribution in [2.24, 2.45) is 0 Å². The van der Waals surface area contributed by atoms with E-state index in [1.807, 2.05) is 80.3 Å². The maximum Gasteiger partial charge on any atom is 0.246 e. The number of carbonyl (C=O) groups excluding carboxylic acids is 1. The zero-order chi connectivity index (χ0) is 18.5. The van der Waals surface area contributed by atoms with Crippen molar-refractivity contribution in [2.45, 2.75) is 39.9 Å². The number of aromatic nitrogens is 4. The van der Waals surface area contributed by atoms with Crippen LogP contribution in [-0.2, 0) is 17.9 Å². The molecule has 0 aliphatic rings. The Kier molecular flexibility index (Phi) is 5.41. The van der Waals surface area contributed by atoms with Gasteiger partial charge in [0.2, 0.25) is 11.7 Å². The van der Waals surface area contributed by atoms with Gasteiger partial charge in [-0.25, -0.2) is 0 Å². The smallest absolute Gasteiger partial charge is 0.246 e. The topological polar surface area (TPSA) is 63.9 Å². The van der Waals surface area contributed by atoms with Crippen molar-refractivity contribution in [3.63, 3.8) is 0 Å². The van der Waals surface area contributed by atoms with E-state index in [2.05, 4.69) is 15.4 Å². The monoisotopic (exact) mass is 349 g/mol. The fourth-order valence-corrected chi connectivity index (χ4v) is 2.79. The van der Waals surface area contributed by atoms with Gasteiger partial charge in [0.05, 0.1) is 0 Å². The van der Waals surface area contributed by atoms with Crippen LogP contribution in [0.1, 0.15) is 25.0 Å². The summed E-state index contributed by atoms with van der Waals surface area (Å²) in [7, 11) is 0. The van der Waals surface area contributed by atoms with Crippen molar-refractivity contribution in [2.75, 3.05) is 0 Å². The Morgan fingerprint density at radius 2 is 1.77 bits per heavy atom. The van der Waals surface area contributed by atoms with Crippen LogP contribution in [-0.4, -0.2) is 37.1 Å². The quantitative estimate of drug-likeness (QED) is 0.686. The highest BCUT2D eigenvalue weighted by molar-refractivity contribution is 5.76. The van der Waals surface area contributed by atoms with E-state index in [1.54, 1.807) is 0 Å². The molecule has 0 saturated carbocycles. The predicted octanol–water partition coefficient (Wildman–Crippen LogP) is 3.09. The second-order valence-electron chi connectivity index (χ2n) is 6.56. The molecule has 0 atom stereocenters. The third-order valence-corrected chi connectivity index (χ3v) is 4.25. The molecular formula is C20H23N5O. The van der Waals surface area contributed by atoms with Crippen LogP contribution < -0.4 is 0 Å². The lowest BCUT2D eigenvalue weighted by Crippen LogP contribution is -2.39. The molecule has 1 amide bonds. The van der Waals surface area contributed by atoms with Crippen LogP contribution in [0.5, 0.6) is 0 Å². The van der Waals surface area contributed by atoms with Gasteiger partial charge in [-0.15, -0.1) is 10.2 Å². The maximum atomic E-state index is 12.8. The lowest BCUT2D eigenvalue weighted by Gasteiger charge is -2.26. The van der Waals surface area contributed by atoms with E-state index in [0.29, 0.717) is 12.4 Å². The van der Waals surface area contributed by atoms with Crippen LogP contribution >= 0.6 is 0 Å². The molecule has 0 aliphatic heterocycles. The molecule has 2 aromatic carbocycles. The molecule has 0 fully saturated rings. The lowest BCUT2D eigenvalue weighted by atomic mass is 10.1. The number of hydrogen-bond donors (Lipinski definition) is 0. The first-order valence-corrected chi connectivity index (χ1v) is 8.72. The van der Waals surface area contributed by atoms with Crippen LogP contribution in [0.2, 0.25) is 0 Å². The number of benzene rings is 2. The summed E-state index contributed by atoms with van der Waals surface area (Å²) in [4.78, 5) is 16.0. The summed E-state index contributed by atoms with van der Waals surface area (Å²) in [6, 6.07) is 17.9. The minimum absolute atomic E-state index is 0.0300.